The number of nitrogens with zero attached hydrogens (tertiary/aromatic N) is 8. The van der Waals surface area contributed by atoms with E-state index < -0.39 is 0 Å². The number of fused-ring (bicyclic) bond motifs is 8. The van der Waals surface area contributed by atoms with Crippen LogP contribution in [-0.4, -0.2) is 39.9 Å². The molecule has 14 aromatic carbocycles. The van der Waals surface area contributed by atoms with Gasteiger partial charge in [-0.25, -0.2) is 39.9 Å². The van der Waals surface area contributed by atoms with Crippen LogP contribution in [0.2, 0.25) is 0 Å². The highest BCUT2D eigenvalue weighted by Gasteiger charge is 2.20. The van der Waals surface area contributed by atoms with Gasteiger partial charge in [-0.3, -0.25) is 0 Å². The first-order valence-corrected chi connectivity index (χ1v) is 33.0. The first-order valence-electron chi connectivity index (χ1n) is 33.0. The van der Waals surface area contributed by atoms with E-state index in [0.717, 1.165) is 122 Å². The predicted molar refractivity (Wildman–Crippen MR) is 404 cm³/mol. The van der Waals surface area contributed by atoms with Crippen molar-refractivity contribution in [2.24, 2.45) is 0 Å². The molecule has 460 valence electrons. The predicted octanol–water partition coefficient (Wildman–Crippen LogP) is 22.7. The van der Waals surface area contributed by atoms with Gasteiger partial charge in [-0.2, -0.15) is 0 Å². The average Bonchev–Trinajstić information content (AvgIpc) is 0.754. The largest absolute Gasteiger partial charge is 0.247 e. The van der Waals surface area contributed by atoms with Crippen molar-refractivity contribution in [3.63, 3.8) is 0 Å². The number of hydrogen-bond acceptors (Lipinski definition) is 8. The summed E-state index contributed by atoms with van der Waals surface area (Å²) in [5.41, 5.74) is 18.8. The van der Waals surface area contributed by atoms with E-state index in [1.165, 1.54) is 32.7 Å². The molecule has 18 aromatic rings. The highest BCUT2D eigenvalue weighted by Crippen LogP contribution is 2.42. The van der Waals surface area contributed by atoms with E-state index in [1.807, 2.05) is 12.1 Å². The Hall–Kier alpha value is -13.0. The maximum Gasteiger partial charge on any atom is 0.164 e. The molecule has 0 aliphatic heterocycles. The minimum absolute atomic E-state index is 0.631. The van der Waals surface area contributed by atoms with Crippen LogP contribution in [0.5, 0.6) is 0 Å². The van der Waals surface area contributed by atoms with E-state index in [9.17, 15) is 0 Å². The van der Waals surface area contributed by atoms with E-state index in [0.29, 0.717) is 34.9 Å². The molecule has 0 bridgehead atoms. The number of hydrogen-bond donors (Lipinski definition) is 0. The van der Waals surface area contributed by atoms with Gasteiger partial charge in [-0.1, -0.05) is 314 Å². The minimum Gasteiger partial charge on any atom is -0.247 e. The van der Waals surface area contributed by atoms with Gasteiger partial charge in [0, 0.05) is 76.8 Å². The Morgan fingerprint density at radius 1 is 0.184 bits per heavy atom. The summed E-state index contributed by atoms with van der Waals surface area (Å²) in [6, 6.07) is 114. The van der Waals surface area contributed by atoms with Crippen LogP contribution in [0.4, 0.5) is 0 Å². The summed E-state index contributed by atoms with van der Waals surface area (Å²) in [5, 5.41) is 11.6. The monoisotopic (exact) mass is 1250 g/mol. The van der Waals surface area contributed by atoms with E-state index in [2.05, 4.69) is 329 Å². The zero-order valence-electron chi connectivity index (χ0n) is 53.8. The Balaban J connectivity index is 0.000000149. The van der Waals surface area contributed by atoms with E-state index >= 15 is 0 Å². The van der Waals surface area contributed by atoms with Gasteiger partial charge < -0.3 is 0 Å². The lowest BCUT2D eigenvalue weighted by Crippen LogP contribution is -2.00. The lowest BCUT2D eigenvalue weighted by atomic mass is 9.92. The molecule has 0 unspecified atom stereocenters. The first-order chi connectivity index (χ1) is 48.3. The number of aryl methyl sites for hydroxylation is 2. The molecule has 8 heteroatoms. The standard InChI is InChI=1S/C48H30N4.C42H30N4/c1-2-13-34(14-3-1)45-42-19-10-18-40(44(42)41-17-8-9-20-43(41)49-45)33-23-25-35(26-24-33)46-50-47(38-27-21-31-11-4-6-15-36(31)29-38)52-48(51-46)39-28-22-32-12-5-7-16-37(32)30-39;1-27-15-19-31(20-16-27)40-44-41(32-21-17-28(2)18-22-32)46-42(45-40)33-25-23-29(24-26-33)34-12-8-13-36-38(34)35-11-6-7-14-37(35)43-39(36)30-9-4-3-5-10-30/h1-30H;3-26H,1-2H3. The fourth-order valence-electron chi connectivity index (χ4n) is 13.3. The average molecular weight is 1250 g/mol. The van der Waals surface area contributed by atoms with Crippen LogP contribution in [0.3, 0.4) is 0 Å². The van der Waals surface area contributed by atoms with Gasteiger partial charge in [-0.15, -0.1) is 0 Å². The molecule has 18 rings (SSSR count). The zero-order chi connectivity index (χ0) is 65.5. The second-order valence-electron chi connectivity index (χ2n) is 24.8. The molecule has 4 aromatic heterocycles. The summed E-state index contributed by atoms with van der Waals surface area (Å²) in [6.07, 6.45) is 0. The topological polar surface area (TPSA) is 103 Å². The highest BCUT2D eigenvalue weighted by atomic mass is 15.0. The van der Waals surface area contributed by atoms with Crippen molar-refractivity contribution in [1.29, 1.82) is 0 Å². The van der Waals surface area contributed by atoms with Crippen LogP contribution in [0.25, 0.3) is 178 Å². The molecule has 0 aliphatic rings. The van der Waals surface area contributed by atoms with Crippen molar-refractivity contribution in [2.45, 2.75) is 13.8 Å². The molecule has 0 saturated carbocycles. The molecule has 0 aliphatic carbocycles. The Kier molecular flexibility index (Phi) is 15.2. The number of benzene rings is 14. The zero-order valence-corrected chi connectivity index (χ0v) is 53.8. The minimum atomic E-state index is 0.631. The molecule has 0 atom stereocenters. The smallest absolute Gasteiger partial charge is 0.164 e. The Morgan fingerprint density at radius 2 is 0.469 bits per heavy atom. The quantitative estimate of drug-likeness (QED) is 0.125. The Labute approximate surface area is 567 Å². The molecule has 98 heavy (non-hydrogen) atoms. The van der Waals surface area contributed by atoms with Crippen molar-refractivity contribution in [2.75, 3.05) is 0 Å². The van der Waals surface area contributed by atoms with Crippen molar-refractivity contribution < 1.29 is 0 Å². The lowest BCUT2D eigenvalue weighted by molar-refractivity contribution is 1.07. The third-order valence-corrected chi connectivity index (χ3v) is 18.4. The summed E-state index contributed by atoms with van der Waals surface area (Å²) in [4.78, 5) is 40.3. The highest BCUT2D eigenvalue weighted by molar-refractivity contribution is 6.18. The van der Waals surface area contributed by atoms with Crippen LogP contribution < -0.4 is 0 Å². The molecule has 0 N–H and O–H groups in total. The molecular weight excluding hydrogens is 1190 g/mol. The fraction of sp³-hybridized carbons (Fsp3) is 0.0222. The third-order valence-electron chi connectivity index (χ3n) is 18.4. The lowest BCUT2D eigenvalue weighted by Gasteiger charge is -2.14. The fourth-order valence-corrected chi connectivity index (χ4v) is 13.3. The molecule has 8 nitrogen and oxygen atoms in total. The molecule has 0 spiro atoms. The first kappa shape index (κ1) is 58.8. The van der Waals surface area contributed by atoms with Gasteiger partial charge in [-0.05, 0) is 81.9 Å². The number of aromatic nitrogens is 8. The molecule has 0 fully saturated rings. The van der Waals surface area contributed by atoms with Crippen molar-refractivity contribution in [1.82, 2.24) is 39.9 Å². The Bertz CT molecular complexity index is 5880. The molecule has 4 heterocycles. The summed E-state index contributed by atoms with van der Waals surface area (Å²) in [6.45, 7) is 4.17. The van der Waals surface area contributed by atoms with Crippen LogP contribution >= 0.6 is 0 Å². The number of pyridine rings is 2. The second kappa shape index (κ2) is 25.4. The van der Waals surface area contributed by atoms with Crippen LogP contribution in [0.1, 0.15) is 11.1 Å². The number of para-hydroxylation sites is 2. The summed E-state index contributed by atoms with van der Waals surface area (Å²) in [7, 11) is 0. The summed E-state index contributed by atoms with van der Waals surface area (Å²) < 4.78 is 0. The molecule has 0 saturated heterocycles. The van der Waals surface area contributed by atoms with E-state index in [4.69, 9.17) is 39.9 Å². The van der Waals surface area contributed by atoms with Gasteiger partial charge >= 0.3 is 0 Å². The van der Waals surface area contributed by atoms with Crippen molar-refractivity contribution in [3.8, 4) is 113 Å². The molecule has 0 radical (unpaired) electrons. The summed E-state index contributed by atoms with van der Waals surface area (Å²) >= 11 is 0. The normalized spacial score (nSPS) is 11.4. The van der Waals surface area contributed by atoms with Gasteiger partial charge in [0.2, 0.25) is 0 Å². The summed E-state index contributed by atoms with van der Waals surface area (Å²) in [5.74, 6) is 3.88. The van der Waals surface area contributed by atoms with Gasteiger partial charge in [0.05, 0.1) is 22.4 Å². The van der Waals surface area contributed by atoms with Gasteiger partial charge in [0.15, 0.2) is 34.9 Å². The van der Waals surface area contributed by atoms with E-state index in [1.54, 1.807) is 0 Å². The number of rotatable bonds is 10. The van der Waals surface area contributed by atoms with Crippen molar-refractivity contribution in [3.05, 3.63) is 339 Å². The molecular formula is C90H60N8. The molecule has 0 amide bonds. The third kappa shape index (κ3) is 11.4. The second-order valence-corrected chi connectivity index (χ2v) is 24.8. The SMILES string of the molecule is Cc1ccc(-c2nc(-c3ccc(C)cc3)nc(-c3ccc(-c4cccc5c(-c6ccccc6)nc6ccccc6c45)cc3)n2)cc1.c1ccc(-c2nc3ccccc3c3c(-c4ccc(-c5nc(-c6ccc7ccccc7c6)nc(-c6ccc7ccccc7c6)n5)cc4)cccc23)cc1. The Morgan fingerprint density at radius 3 is 0.847 bits per heavy atom. The maximum atomic E-state index is 5.14. The maximum absolute atomic E-state index is 5.14. The van der Waals surface area contributed by atoms with Gasteiger partial charge in [0.1, 0.15) is 0 Å². The van der Waals surface area contributed by atoms with Crippen LogP contribution in [0, 0.1) is 13.8 Å². The van der Waals surface area contributed by atoms with Crippen molar-refractivity contribution >= 4 is 64.9 Å². The van der Waals surface area contributed by atoms with Crippen LogP contribution in [-0.2, 0) is 0 Å². The van der Waals surface area contributed by atoms with Crippen LogP contribution in [0.15, 0.2) is 328 Å². The van der Waals surface area contributed by atoms with E-state index in [-0.39, 0.29) is 0 Å². The van der Waals surface area contributed by atoms with Gasteiger partial charge in [0.25, 0.3) is 0 Å².